The lowest BCUT2D eigenvalue weighted by Gasteiger charge is -2.21. The first-order chi connectivity index (χ1) is 8.79. The van der Waals surface area contributed by atoms with Gasteiger partial charge < -0.3 is 9.84 Å². The summed E-state index contributed by atoms with van der Waals surface area (Å²) in [5.41, 5.74) is 0.587. The standard InChI is InChI=1S/C16H24O3/c1-6-11(7-2)15(18)19-12-8-9-14(17)13(10-12)16(3,4)5/h8-11,17H,6-7H2,1-5H3. The molecule has 0 fully saturated rings. The van der Waals surface area contributed by atoms with Gasteiger partial charge >= 0.3 is 5.97 Å². The molecule has 3 nitrogen and oxygen atoms in total. The summed E-state index contributed by atoms with van der Waals surface area (Å²) < 4.78 is 5.40. The van der Waals surface area contributed by atoms with E-state index in [0.29, 0.717) is 5.75 Å². The van der Waals surface area contributed by atoms with Crippen LogP contribution in [-0.2, 0) is 10.2 Å². The quantitative estimate of drug-likeness (QED) is 0.659. The van der Waals surface area contributed by atoms with Gasteiger partial charge in [-0.05, 0) is 36.5 Å². The van der Waals surface area contributed by atoms with Gasteiger partial charge in [-0.15, -0.1) is 0 Å². The zero-order valence-electron chi connectivity index (χ0n) is 12.5. The molecule has 0 saturated heterocycles. The van der Waals surface area contributed by atoms with Crippen LogP contribution in [0.25, 0.3) is 0 Å². The number of benzene rings is 1. The summed E-state index contributed by atoms with van der Waals surface area (Å²) in [5.74, 6) is 0.469. The molecule has 0 spiro atoms. The van der Waals surface area contributed by atoms with Gasteiger partial charge in [-0.2, -0.15) is 0 Å². The fourth-order valence-electron chi connectivity index (χ4n) is 2.00. The number of esters is 1. The molecule has 1 N–H and O–H groups in total. The summed E-state index contributed by atoms with van der Waals surface area (Å²) in [4.78, 5) is 11.9. The third-order valence-electron chi connectivity index (χ3n) is 3.31. The number of rotatable bonds is 4. The van der Waals surface area contributed by atoms with Gasteiger partial charge in [0.15, 0.2) is 0 Å². The third-order valence-corrected chi connectivity index (χ3v) is 3.31. The highest BCUT2D eigenvalue weighted by atomic mass is 16.5. The van der Waals surface area contributed by atoms with Crippen molar-refractivity contribution < 1.29 is 14.6 Å². The van der Waals surface area contributed by atoms with E-state index < -0.39 is 0 Å². The zero-order valence-corrected chi connectivity index (χ0v) is 12.5. The molecule has 0 atom stereocenters. The third kappa shape index (κ3) is 3.98. The van der Waals surface area contributed by atoms with Gasteiger partial charge in [-0.3, -0.25) is 4.79 Å². The Balaban J connectivity index is 2.95. The van der Waals surface area contributed by atoms with Crippen molar-refractivity contribution in [1.82, 2.24) is 0 Å². The van der Waals surface area contributed by atoms with E-state index >= 15 is 0 Å². The Kier molecular flexibility index (Phi) is 4.98. The van der Waals surface area contributed by atoms with E-state index in [9.17, 15) is 9.90 Å². The van der Waals surface area contributed by atoms with Gasteiger partial charge in [0.1, 0.15) is 11.5 Å². The van der Waals surface area contributed by atoms with E-state index in [0.717, 1.165) is 18.4 Å². The van der Waals surface area contributed by atoms with Crippen molar-refractivity contribution in [3.63, 3.8) is 0 Å². The summed E-state index contributed by atoms with van der Waals surface area (Å²) >= 11 is 0. The summed E-state index contributed by atoms with van der Waals surface area (Å²) in [5, 5.41) is 9.87. The molecule has 106 valence electrons. The fourth-order valence-corrected chi connectivity index (χ4v) is 2.00. The van der Waals surface area contributed by atoms with Crippen molar-refractivity contribution in [2.24, 2.45) is 5.92 Å². The number of aromatic hydroxyl groups is 1. The van der Waals surface area contributed by atoms with Crippen LogP contribution < -0.4 is 4.74 Å². The highest BCUT2D eigenvalue weighted by molar-refractivity contribution is 5.75. The van der Waals surface area contributed by atoms with E-state index in [1.165, 1.54) is 0 Å². The maximum Gasteiger partial charge on any atom is 0.314 e. The topological polar surface area (TPSA) is 46.5 Å². The van der Waals surface area contributed by atoms with Gasteiger partial charge in [0.05, 0.1) is 5.92 Å². The lowest BCUT2D eigenvalue weighted by atomic mass is 9.86. The Labute approximate surface area is 115 Å². The average Bonchev–Trinajstić information content (AvgIpc) is 2.31. The second kappa shape index (κ2) is 6.09. The van der Waals surface area contributed by atoms with Crippen molar-refractivity contribution in [3.05, 3.63) is 23.8 Å². The summed E-state index contributed by atoms with van der Waals surface area (Å²) in [6.45, 7) is 9.98. The second-order valence-corrected chi connectivity index (χ2v) is 5.86. The molecule has 0 unspecified atom stereocenters. The minimum Gasteiger partial charge on any atom is -0.508 e. The van der Waals surface area contributed by atoms with E-state index in [1.54, 1.807) is 18.2 Å². The molecule has 0 heterocycles. The molecule has 0 aliphatic heterocycles. The zero-order chi connectivity index (χ0) is 14.6. The van der Waals surface area contributed by atoms with Gasteiger partial charge in [-0.1, -0.05) is 34.6 Å². The van der Waals surface area contributed by atoms with Crippen LogP contribution in [0.5, 0.6) is 11.5 Å². The van der Waals surface area contributed by atoms with Crippen LogP contribution in [0.1, 0.15) is 53.0 Å². The number of carbonyl (C=O) groups excluding carboxylic acids is 1. The number of hydrogen-bond donors (Lipinski definition) is 1. The molecular formula is C16H24O3. The normalized spacial score (nSPS) is 11.7. The predicted octanol–water partition coefficient (Wildman–Crippen LogP) is 4.03. The number of ether oxygens (including phenoxy) is 1. The summed E-state index contributed by atoms with van der Waals surface area (Å²) in [6, 6.07) is 4.95. The van der Waals surface area contributed by atoms with Crippen LogP contribution in [0.2, 0.25) is 0 Å². The van der Waals surface area contributed by atoms with Crippen LogP contribution >= 0.6 is 0 Å². The van der Waals surface area contributed by atoms with Gasteiger partial charge in [0, 0.05) is 5.56 Å². The maximum absolute atomic E-state index is 11.9. The lowest BCUT2D eigenvalue weighted by molar-refractivity contribution is -0.139. The molecule has 1 aromatic carbocycles. The van der Waals surface area contributed by atoms with E-state index in [2.05, 4.69) is 0 Å². The van der Waals surface area contributed by atoms with Crippen molar-refractivity contribution in [3.8, 4) is 11.5 Å². The van der Waals surface area contributed by atoms with E-state index in [1.807, 2.05) is 34.6 Å². The first-order valence-corrected chi connectivity index (χ1v) is 6.84. The molecule has 0 aliphatic rings. The molecular weight excluding hydrogens is 240 g/mol. The molecule has 19 heavy (non-hydrogen) atoms. The Bertz CT molecular complexity index is 440. The number of phenols is 1. The predicted molar refractivity (Wildman–Crippen MR) is 76.5 cm³/mol. The van der Waals surface area contributed by atoms with Crippen molar-refractivity contribution in [2.75, 3.05) is 0 Å². The number of hydrogen-bond acceptors (Lipinski definition) is 3. The number of carbonyl (C=O) groups is 1. The molecule has 3 heteroatoms. The van der Waals surface area contributed by atoms with Crippen LogP contribution in [0.4, 0.5) is 0 Å². The average molecular weight is 264 g/mol. The SMILES string of the molecule is CCC(CC)C(=O)Oc1ccc(O)c(C(C)(C)C)c1. The lowest BCUT2D eigenvalue weighted by Crippen LogP contribution is -2.19. The monoisotopic (exact) mass is 264 g/mol. The van der Waals surface area contributed by atoms with E-state index in [4.69, 9.17) is 4.74 Å². The Morgan fingerprint density at radius 2 is 1.84 bits per heavy atom. The minimum atomic E-state index is -0.199. The van der Waals surface area contributed by atoms with E-state index in [-0.39, 0.29) is 23.1 Å². The van der Waals surface area contributed by atoms with Crippen LogP contribution in [0.15, 0.2) is 18.2 Å². The first kappa shape index (κ1) is 15.5. The molecule has 1 rings (SSSR count). The highest BCUT2D eigenvalue weighted by Crippen LogP contribution is 2.33. The maximum atomic E-state index is 11.9. The van der Waals surface area contributed by atoms with Gasteiger partial charge in [0.25, 0.3) is 0 Å². The second-order valence-electron chi connectivity index (χ2n) is 5.86. The van der Waals surface area contributed by atoms with Crippen molar-refractivity contribution in [1.29, 1.82) is 0 Å². The fraction of sp³-hybridized carbons (Fsp3) is 0.562. The van der Waals surface area contributed by atoms with Gasteiger partial charge in [-0.25, -0.2) is 0 Å². The molecule has 0 amide bonds. The Morgan fingerprint density at radius 1 is 1.26 bits per heavy atom. The molecule has 0 aromatic heterocycles. The smallest absolute Gasteiger partial charge is 0.314 e. The van der Waals surface area contributed by atoms with Crippen molar-refractivity contribution >= 4 is 5.97 Å². The van der Waals surface area contributed by atoms with Crippen LogP contribution in [0, 0.1) is 5.92 Å². The number of phenolic OH excluding ortho intramolecular Hbond substituents is 1. The molecule has 0 radical (unpaired) electrons. The van der Waals surface area contributed by atoms with Crippen LogP contribution in [0.3, 0.4) is 0 Å². The largest absolute Gasteiger partial charge is 0.508 e. The molecule has 0 aliphatic carbocycles. The molecule has 0 saturated carbocycles. The highest BCUT2D eigenvalue weighted by Gasteiger charge is 2.21. The van der Waals surface area contributed by atoms with Gasteiger partial charge in [0.2, 0.25) is 0 Å². The minimum absolute atomic E-state index is 0.0631. The van der Waals surface area contributed by atoms with Crippen molar-refractivity contribution in [2.45, 2.75) is 52.9 Å². The summed E-state index contributed by atoms with van der Waals surface area (Å²) in [6.07, 6.45) is 1.55. The Hall–Kier alpha value is -1.51. The first-order valence-electron chi connectivity index (χ1n) is 6.84. The summed E-state index contributed by atoms with van der Waals surface area (Å²) in [7, 11) is 0. The Morgan fingerprint density at radius 3 is 2.32 bits per heavy atom. The molecule has 0 bridgehead atoms. The molecule has 1 aromatic rings. The van der Waals surface area contributed by atoms with Crippen LogP contribution in [-0.4, -0.2) is 11.1 Å².